The minimum absolute atomic E-state index is 0.0823. The van der Waals surface area contributed by atoms with Crippen molar-refractivity contribution in [2.75, 3.05) is 26.8 Å². The molecule has 1 aliphatic rings. The minimum Gasteiger partial charge on any atom is -0.341 e. The Morgan fingerprint density at radius 2 is 1.91 bits per heavy atom. The number of amides is 2. The number of nitrogens with zero attached hydrogens (tertiary/aromatic N) is 2. The number of benzene rings is 1. The van der Waals surface area contributed by atoms with Gasteiger partial charge >= 0.3 is 0 Å². The average molecular weight is 361 g/mol. The van der Waals surface area contributed by atoms with Crippen molar-refractivity contribution in [1.82, 2.24) is 9.80 Å². The van der Waals surface area contributed by atoms with Gasteiger partial charge in [0.05, 0.1) is 0 Å². The van der Waals surface area contributed by atoms with E-state index in [9.17, 15) is 18.8 Å². The zero-order valence-corrected chi connectivity index (χ0v) is 13.9. The van der Waals surface area contributed by atoms with Crippen molar-refractivity contribution in [3.8, 4) is 0 Å². The van der Waals surface area contributed by atoms with Crippen molar-refractivity contribution in [3.05, 3.63) is 33.8 Å². The summed E-state index contributed by atoms with van der Waals surface area (Å²) in [4.78, 5) is 38.4. The van der Waals surface area contributed by atoms with Crippen molar-refractivity contribution >= 4 is 40.8 Å². The van der Waals surface area contributed by atoms with E-state index in [0.29, 0.717) is 15.6 Å². The van der Waals surface area contributed by atoms with Crippen LogP contribution in [0.2, 0.25) is 10.0 Å². The van der Waals surface area contributed by atoms with Gasteiger partial charge in [0.2, 0.25) is 11.7 Å². The fourth-order valence-electron chi connectivity index (χ4n) is 2.50. The number of rotatable bonds is 5. The molecule has 2 rings (SSSR count). The first-order valence-electron chi connectivity index (χ1n) is 6.92. The van der Waals surface area contributed by atoms with Crippen molar-refractivity contribution < 1.29 is 18.8 Å². The Morgan fingerprint density at radius 1 is 1.30 bits per heavy atom. The van der Waals surface area contributed by atoms with Crippen LogP contribution in [0.5, 0.6) is 0 Å². The Kier molecular flexibility index (Phi) is 5.59. The lowest BCUT2D eigenvalue weighted by Crippen LogP contribution is -2.36. The van der Waals surface area contributed by atoms with Crippen LogP contribution < -0.4 is 0 Å². The summed E-state index contributed by atoms with van der Waals surface area (Å²) in [5.74, 6) is -3.17. The smallest absolute Gasteiger partial charge is 0.290 e. The number of likely N-dealkylation sites (tertiary alicyclic amines) is 1. The second-order valence-electron chi connectivity index (χ2n) is 5.33. The van der Waals surface area contributed by atoms with Gasteiger partial charge in [-0.15, -0.1) is 0 Å². The number of hydrogen-bond acceptors (Lipinski definition) is 3. The fraction of sp³-hybridized carbons (Fsp3) is 0.400. The third kappa shape index (κ3) is 4.00. The summed E-state index contributed by atoms with van der Waals surface area (Å²) >= 11 is 11.8. The molecule has 8 heteroatoms. The van der Waals surface area contributed by atoms with E-state index in [2.05, 4.69) is 0 Å². The summed E-state index contributed by atoms with van der Waals surface area (Å²) in [5.41, 5.74) is 0.704. The van der Waals surface area contributed by atoms with Gasteiger partial charge in [0.15, 0.2) is 0 Å². The number of alkyl halides is 1. The zero-order chi connectivity index (χ0) is 17.1. The van der Waals surface area contributed by atoms with E-state index >= 15 is 0 Å². The Hall–Kier alpha value is -1.66. The Balaban J connectivity index is 2.07. The molecule has 124 valence electrons. The molecule has 0 bridgehead atoms. The molecule has 1 heterocycles. The highest BCUT2D eigenvalue weighted by molar-refractivity contribution is 6.42. The van der Waals surface area contributed by atoms with Gasteiger partial charge in [-0.3, -0.25) is 14.4 Å². The van der Waals surface area contributed by atoms with E-state index in [1.165, 1.54) is 11.9 Å². The third-order valence-corrected chi connectivity index (χ3v) is 4.02. The number of carbonyl (C=O) groups is 3. The van der Waals surface area contributed by atoms with Crippen molar-refractivity contribution in [2.24, 2.45) is 5.92 Å². The zero-order valence-electron chi connectivity index (χ0n) is 12.4. The lowest BCUT2D eigenvalue weighted by Gasteiger charge is -2.20. The summed E-state index contributed by atoms with van der Waals surface area (Å²) in [6, 6.07) is 4.89. The molecule has 1 saturated heterocycles. The predicted molar refractivity (Wildman–Crippen MR) is 84.0 cm³/mol. The maximum absolute atomic E-state index is 12.4. The summed E-state index contributed by atoms with van der Waals surface area (Å²) < 4.78 is 12.4. The molecule has 0 N–H and O–H groups in total. The van der Waals surface area contributed by atoms with E-state index in [-0.39, 0.29) is 19.6 Å². The van der Waals surface area contributed by atoms with Gasteiger partial charge in [0, 0.05) is 36.7 Å². The number of halogens is 3. The van der Waals surface area contributed by atoms with Crippen LogP contribution in [0, 0.1) is 5.92 Å². The van der Waals surface area contributed by atoms with Gasteiger partial charge in [0.25, 0.3) is 5.91 Å². The van der Waals surface area contributed by atoms with Crippen molar-refractivity contribution in [1.29, 1.82) is 0 Å². The van der Waals surface area contributed by atoms with E-state index in [4.69, 9.17) is 23.2 Å². The standard InChI is InChI=1S/C15H15Cl2FN2O3/c1-19(7-9-4-10(16)6-11(17)5-9)14(22)12-8-20(3-2-18)15(23)13(12)21/h4-6,12H,2-3,7-8H2,1H3. The normalized spacial score (nSPS) is 17.7. The Bertz CT molecular complexity index is 633. The summed E-state index contributed by atoms with van der Waals surface area (Å²) in [6.45, 7) is -0.819. The third-order valence-electron chi connectivity index (χ3n) is 3.59. The molecule has 0 aliphatic carbocycles. The molecule has 2 amide bonds. The highest BCUT2D eigenvalue weighted by atomic mass is 35.5. The van der Waals surface area contributed by atoms with Gasteiger partial charge in [-0.25, -0.2) is 4.39 Å². The minimum atomic E-state index is -1.09. The molecule has 23 heavy (non-hydrogen) atoms. The topological polar surface area (TPSA) is 57.7 Å². The number of Topliss-reactive ketones (excluding diaryl/α,β-unsaturated/α-hetero) is 1. The van der Waals surface area contributed by atoms with Crippen molar-refractivity contribution in [3.63, 3.8) is 0 Å². The second-order valence-corrected chi connectivity index (χ2v) is 6.20. The molecule has 1 aromatic carbocycles. The van der Waals surface area contributed by atoms with Crippen LogP contribution in [0.15, 0.2) is 18.2 Å². The summed E-state index contributed by atoms with van der Waals surface area (Å²) in [7, 11) is 1.52. The van der Waals surface area contributed by atoms with Crippen LogP contribution in [0.1, 0.15) is 5.56 Å². The first kappa shape index (κ1) is 17.7. The highest BCUT2D eigenvalue weighted by Gasteiger charge is 2.43. The molecular formula is C15H15Cl2FN2O3. The van der Waals surface area contributed by atoms with Crippen LogP contribution in [-0.4, -0.2) is 54.2 Å². The van der Waals surface area contributed by atoms with Crippen LogP contribution >= 0.6 is 23.2 Å². The number of ketones is 1. The SMILES string of the molecule is CN(Cc1cc(Cl)cc(Cl)c1)C(=O)C1CN(CCF)C(=O)C1=O. The van der Waals surface area contributed by atoms with Gasteiger partial charge in [-0.2, -0.15) is 0 Å². The molecule has 0 saturated carbocycles. The van der Waals surface area contributed by atoms with Crippen LogP contribution in [0.3, 0.4) is 0 Å². The lowest BCUT2D eigenvalue weighted by atomic mass is 10.1. The first-order chi connectivity index (χ1) is 10.8. The van der Waals surface area contributed by atoms with Gasteiger partial charge in [0.1, 0.15) is 12.6 Å². The molecule has 1 unspecified atom stereocenters. The van der Waals surface area contributed by atoms with Gasteiger partial charge in [-0.05, 0) is 23.8 Å². The van der Waals surface area contributed by atoms with Crippen LogP contribution in [0.25, 0.3) is 0 Å². The van der Waals surface area contributed by atoms with E-state index in [0.717, 1.165) is 4.90 Å². The highest BCUT2D eigenvalue weighted by Crippen LogP contribution is 2.21. The Morgan fingerprint density at radius 3 is 2.48 bits per heavy atom. The summed E-state index contributed by atoms with van der Waals surface area (Å²) in [6.07, 6.45) is 0. The Labute approximate surface area is 142 Å². The van der Waals surface area contributed by atoms with Gasteiger partial charge in [-0.1, -0.05) is 23.2 Å². The largest absolute Gasteiger partial charge is 0.341 e. The quantitative estimate of drug-likeness (QED) is 0.595. The molecule has 0 aromatic heterocycles. The first-order valence-corrected chi connectivity index (χ1v) is 7.68. The predicted octanol–water partition coefficient (Wildman–Crippen LogP) is 1.95. The van der Waals surface area contributed by atoms with E-state index in [1.807, 2.05) is 0 Å². The average Bonchev–Trinajstić information content (AvgIpc) is 2.74. The maximum atomic E-state index is 12.4. The molecule has 5 nitrogen and oxygen atoms in total. The van der Waals surface area contributed by atoms with E-state index in [1.54, 1.807) is 18.2 Å². The maximum Gasteiger partial charge on any atom is 0.290 e. The molecule has 1 fully saturated rings. The molecule has 0 radical (unpaired) electrons. The fourth-order valence-corrected chi connectivity index (χ4v) is 3.07. The number of carbonyl (C=O) groups excluding carboxylic acids is 3. The van der Waals surface area contributed by atoms with Crippen LogP contribution in [0.4, 0.5) is 4.39 Å². The van der Waals surface area contributed by atoms with Crippen LogP contribution in [-0.2, 0) is 20.9 Å². The van der Waals surface area contributed by atoms with Crippen molar-refractivity contribution in [2.45, 2.75) is 6.54 Å². The molecule has 1 atom stereocenters. The van der Waals surface area contributed by atoms with E-state index < -0.39 is 30.2 Å². The molecular weight excluding hydrogens is 346 g/mol. The lowest BCUT2D eigenvalue weighted by molar-refractivity contribution is -0.144. The molecule has 1 aliphatic heterocycles. The summed E-state index contributed by atoms with van der Waals surface area (Å²) in [5, 5.41) is 0.879. The molecule has 1 aromatic rings. The monoisotopic (exact) mass is 360 g/mol. The second kappa shape index (κ2) is 7.27. The number of hydrogen-bond donors (Lipinski definition) is 0. The molecule has 0 spiro atoms. The van der Waals surface area contributed by atoms with Gasteiger partial charge < -0.3 is 9.80 Å².